The maximum atomic E-state index is 11.3. The number of nitrogens with two attached hydrogens (primary N) is 1. The molecule has 0 spiro atoms. The molecule has 0 bridgehead atoms. The molecule has 0 saturated heterocycles. The molecule has 9 heteroatoms. The molecule has 146 valence electrons. The molecule has 0 fully saturated rings. The van der Waals surface area contributed by atoms with E-state index in [2.05, 4.69) is 33.8 Å². The molecule has 28 heavy (non-hydrogen) atoms. The second kappa shape index (κ2) is 6.99. The van der Waals surface area contributed by atoms with Gasteiger partial charge in [-0.25, -0.2) is 14.6 Å². The summed E-state index contributed by atoms with van der Waals surface area (Å²) in [6.07, 6.45) is 3.53. The number of carbonyl (C=O) groups excluding carboxylic acids is 1. The Morgan fingerprint density at radius 3 is 2.86 bits per heavy atom. The third-order valence-electron chi connectivity index (χ3n) is 4.69. The second-order valence-corrected chi connectivity index (χ2v) is 7.09. The van der Waals surface area contributed by atoms with E-state index in [9.17, 15) is 4.79 Å². The summed E-state index contributed by atoms with van der Waals surface area (Å²) in [5.74, 6) is 1.86. The van der Waals surface area contributed by atoms with Crippen LogP contribution in [0.1, 0.15) is 26.8 Å². The van der Waals surface area contributed by atoms with Gasteiger partial charge in [0.1, 0.15) is 36.2 Å². The van der Waals surface area contributed by atoms with E-state index in [1.807, 2.05) is 29.1 Å². The average Bonchev–Trinajstić information content (AvgIpc) is 3.26. The smallest absolute Gasteiger partial charge is 0.239 e. The number of hydrogen-bond acceptors (Lipinski definition) is 6. The topological polar surface area (TPSA) is 113 Å². The Balaban J connectivity index is 1.72. The predicted molar refractivity (Wildman–Crippen MR) is 105 cm³/mol. The molecule has 4 rings (SSSR count). The van der Waals surface area contributed by atoms with Gasteiger partial charge in [-0.1, -0.05) is 0 Å². The fraction of sp³-hybridized carbons (Fsp3) is 0.368. The number of aromatic nitrogens is 5. The molecule has 3 heterocycles. The van der Waals surface area contributed by atoms with Crippen LogP contribution in [-0.2, 0) is 11.3 Å². The zero-order valence-corrected chi connectivity index (χ0v) is 16.1. The molecule has 0 unspecified atom stereocenters. The minimum atomic E-state index is -0.472. The number of nitrogens with zero attached hydrogens (tertiary/aromatic N) is 5. The van der Waals surface area contributed by atoms with Crippen molar-refractivity contribution < 1.29 is 9.53 Å². The van der Waals surface area contributed by atoms with Crippen molar-refractivity contribution in [1.82, 2.24) is 24.3 Å². The molecule has 1 aromatic carbocycles. The number of hydrogen-bond donors (Lipinski definition) is 2. The summed E-state index contributed by atoms with van der Waals surface area (Å²) < 4.78 is 9.84. The van der Waals surface area contributed by atoms with Crippen molar-refractivity contribution in [2.24, 2.45) is 5.73 Å². The average molecular weight is 381 g/mol. The summed E-state index contributed by atoms with van der Waals surface area (Å²) in [7, 11) is 0. The highest BCUT2D eigenvalue weighted by molar-refractivity contribution is 5.83. The van der Waals surface area contributed by atoms with Gasteiger partial charge in [-0.05, 0) is 32.9 Å². The molecule has 0 saturated carbocycles. The van der Waals surface area contributed by atoms with Gasteiger partial charge in [-0.2, -0.15) is 5.10 Å². The van der Waals surface area contributed by atoms with E-state index in [1.54, 1.807) is 13.3 Å². The molecule has 9 nitrogen and oxygen atoms in total. The van der Waals surface area contributed by atoms with Crippen LogP contribution in [0.25, 0.3) is 22.9 Å². The van der Waals surface area contributed by atoms with Gasteiger partial charge in [0.25, 0.3) is 0 Å². The van der Waals surface area contributed by atoms with Crippen molar-refractivity contribution in [3.63, 3.8) is 0 Å². The summed E-state index contributed by atoms with van der Waals surface area (Å²) in [5.41, 5.74) is 7.76. The predicted octanol–water partition coefficient (Wildman–Crippen LogP) is 2.07. The Hall–Kier alpha value is -3.36. The molecule has 3 N–H and O–H groups in total. The minimum Gasteiger partial charge on any atom is -0.491 e. The highest BCUT2D eigenvalue weighted by atomic mass is 16.5. The first-order chi connectivity index (χ1) is 13.4. The third-order valence-corrected chi connectivity index (χ3v) is 4.69. The van der Waals surface area contributed by atoms with Crippen molar-refractivity contribution in [3.8, 4) is 28.7 Å². The molecule has 3 aromatic rings. The van der Waals surface area contributed by atoms with Gasteiger partial charge >= 0.3 is 0 Å². The highest BCUT2D eigenvalue weighted by Gasteiger charge is 2.22. The molecule has 1 atom stereocenters. The van der Waals surface area contributed by atoms with E-state index < -0.39 is 11.9 Å². The first-order valence-electron chi connectivity index (χ1n) is 9.24. The Morgan fingerprint density at radius 2 is 2.11 bits per heavy atom. The maximum Gasteiger partial charge on any atom is 0.239 e. The van der Waals surface area contributed by atoms with Gasteiger partial charge < -0.3 is 20.4 Å². The number of primary amides is 1. The molecular formula is C19H23N7O2. The fourth-order valence-corrected chi connectivity index (χ4v) is 3.21. The number of rotatable bonds is 5. The van der Waals surface area contributed by atoms with Crippen LogP contribution in [0.15, 0.2) is 30.7 Å². The highest BCUT2D eigenvalue weighted by Crippen LogP contribution is 2.35. The Kier molecular flexibility index (Phi) is 4.50. The molecule has 1 aliphatic rings. The number of fused-ring (bicyclic) bond motifs is 3. The van der Waals surface area contributed by atoms with E-state index in [0.29, 0.717) is 18.9 Å². The summed E-state index contributed by atoms with van der Waals surface area (Å²) in [6.45, 7) is 7.03. The van der Waals surface area contributed by atoms with E-state index in [4.69, 9.17) is 15.5 Å². The Labute approximate surface area is 162 Å². The lowest BCUT2D eigenvalue weighted by Crippen LogP contribution is -2.32. The lowest BCUT2D eigenvalue weighted by atomic mass is 10.1. The molecule has 0 aliphatic carbocycles. The minimum absolute atomic E-state index is 0.190. The van der Waals surface area contributed by atoms with E-state index in [0.717, 1.165) is 28.6 Å². The standard InChI is InChI=1S/C19H23N7O2/c1-11(2)26-19(21-10-22-26)15-9-25-6-7-28-16-8-13(23-12(3)17(20)27)4-5-14(16)18(25)24-15/h4-5,8-12,23H,6-7H2,1-3H3,(H2,20,27)/t12-/m0/s1. The summed E-state index contributed by atoms with van der Waals surface area (Å²) in [4.78, 5) is 20.5. The monoisotopic (exact) mass is 381 g/mol. The summed E-state index contributed by atoms with van der Waals surface area (Å²) in [6, 6.07) is 5.42. The zero-order valence-electron chi connectivity index (χ0n) is 16.1. The van der Waals surface area contributed by atoms with Gasteiger partial charge in [-0.15, -0.1) is 0 Å². The molecule has 0 radical (unpaired) electrons. The van der Waals surface area contributed by atoms with E-state index in [-0.39, 0.29) is 6.04 Å². The first kappa shape index (κ1) is 18.0. The van der Waals surface area contributed by atoms with Crippen LogP contribution in [0.3, 0.4) is 0 Å². The molecular weight excluding hydrogens is 358 g/mol. The number of imidazole rings is 1. The normalized spacial score (nSPS) is 14.0. The van der Waals surface area contributed by atoms with Crippen LogP contribution in [-0.4, -0.2) is 42.9 Å². The van der Waals surface area contributed by atoms with E-state index in [1.165, 1.54) is 0 Å². The first-order valence-corrected chi connectivity index (χ1v) is 9.24. The lowest BCUT2D eigenvalue weighted by Gasteiger charge is -2.14. The Bertz CT molecular complexity index is 1020. The zero-order chi connectivity index (χ0) is 19.8. The van der Waals surface area contributed by atoms with Gasteiger partial charge in [0, 0.05) is 24.0 Å². The SMILES string of the molecule is CC(C)n1ncnc1-c1cn2c(n1)-c1ccc(N[C@@H](C)C(N)=O)cc1OCC2. The van der Waals surface area contributed by atoms with Crippen LogP contribution < -0.4 is 15.8 Å². The van der Waals surface area contributed by atoms with Crippen LogP contribution in [0.2, 0.25) is 0 Å². The largest absolute Gasteiger partial charge is 0.491 e. The molecule has 2 aromatic heterocycles. The van der Waals surface area contributed by atoms with Crippen molar-refractivity contribution in [2.75, 3.05) is 11.9 Å². The number of amides is 1. The quantitative estimate of drug-likeness (QED) is 0.699. The number of benzene rings is 1. The molecule has 1 amide bonds. The van der Waals surface area contributed by atoms with Crippen LogP contribution in [0.5, 0.6) is 5.75 Å². The van der Waals surface area contributed by atoms with Crippen molar-refractivity contribution in [1.29, 1.82) is 0 Å². The second-order valence-electron chi connectivity index (χ2n) is 7.09. The van der Waals surface area contributed by atoms with Crippen LogP contribution in [0.4, 0.5) is 5.69 Å². The number of carbonyl (C=O) groups is 1. The maximum absolute atomic E-state index is 11.3. The number of ether oxygens (including phenoxy) is 1. The van der Waals surface area contributed by atoms with E-state index >= 15 is 0 Å². The van der Waals surface area contributed by atoms with Gasteiger partial charge in [0.15, 0.2) is 5.82 Å². The summed E-state index contributed by atoms with van der Waals surface area (Å²) in [5, 5.41) is 7.38. The number of nitrogens with one attached hydrogen (secondary N) is 1. The summed E-state index contributed by atoms with van der Waals surface area (Å²) >= 11 is 0. The van der Waals surface area contributed by atoms with Crippen molar-refractivity contribution in [3.05, 3.63) is 30.7 Å². The van der Waals surface area contributed by atoms with Gasteiger partial charge in [0.05, 0.1) is 12.1 Å². The van der Waals surface area contributed by atoms with Crippen molar-refractivity contribution in [2.45, 2.75) is 39.4 Å². The molecule has 1 aliphatic heterocycles. The van der Waals surface area contributed by atoms with Gasteiger partial charge in [0.2, 0.25) is 5.91 Å². The van der Waals surface area contributed by atoms with Crippen molar-refractivity contribution >= 4 is 11.6 Å². The number of anilines is 1. The van der Waals surface area contributed by atoms with Crippen LogP contribution >= 0.6 is 0 Å². The fourth-order valence-electron chi connectivity index (χ4n) is 3.21. The third kappa shape index (κ3) is 3.19. The van der Waals surface area contributed by atoms with Crippen LogP contribution in [0, 0.1) is 0 Å². The Morgan fingerprint density at radius 1 is 1.29 bits per heavy atom. The lowest BCUT2D eigenvalue weighted by molar-refractivity contribution is -0.118. The van der Waals surface area contributed by atoms with Gasteiger partial charge in [-0.3, -0.25) is 4.79 Å².